The summed E-state index contributed by atoms with van der Waals surface area (Å²) in [6.45, 7) is 17.6. The molecule has 0 radical (unpaired) electrons. The van der Waals surface area contributed by atoms with Crippen LogP contribution in [0.4, 0.5) is 0 Å². The lowest BCUT2D eigenvalue weighted by atomic mass is 9.77. The van der Waals surface area contributed by atoms with Crippen molar-refractivity contribution in [1.29, 1.82) is 0 Å². The first kappa shape index (κ1) is 26.1. The van der Waals surface area contributed by atoms with Crippen LogP contribution in [0.5, 0.6) is 5.75 Å². The van der Waals surface area contributed by atoms with Crippen molar-refractivity contribution < 1.29 is 23.0 Å². The van der Waals surface area contributed by atoms with Gasteiger partial charge < -0.3 is 14.6 Å². The Hall–Kier alpha value is -1.15. The Morgan fingerprint density at radius 1 is 1.10 bits per heavy atom. The van der Waals surface area contributed by atoms with E-state index in [2.05, 4.69) is 41.5 Å². The summed E-state index contributed by atoms with van der Waals surface area (Å²) in [7, 11) is -1.98. The number of hydrogen-bond donors (Lipinski definition) is 1. The molecule has 0 aromatic heterocycles. The van der Waals surface area contributed by atoms with Gasteiger partial charge in [0, 0.05) is 31.3 Å². The van der Waals surface area contributed by atoms with Gasteiger partial charge in [0.15, 0.2) is 6.79 Å². The molecule has 31 heavy (non-hydrogen) atoms. The fraction of sp³-hybridized carbons (Fsp3) is 0.750. The topological polar surface area (TPSA) is 76.1 Å². The Balaban J connectivity index is 2.59. The fourth-order valence-electron chi connectivity index (χ4n) is 4.09. The minimum atomic E-state index is -3.56. The third-order valence-corrected chi connectivity index (χ3v) is 8.03. The zero-order valence-corrected chi connectivity index (χ0v) is 21.5. The smallest absolute Gasteiger partial charge is 0.219 e. The molecule has 7 heteroatoms. The van der Waals surface area contributed by atoms with Crippen LogP contribution in [-0.2, 0) is 25.6 Å². The summed E-state index contributed by atoms with van der Waals surface area (Å²) in [6, 6.07) is 3.82. The molecule has 0 saturated carbocycles. The summed E-state index contributed by atoms with van der Waals surface area (Å²) < 4.78 is 39.0. The quantitative estimate of drug-likeness (QED) is 0.618. The van der Waals surface area contributed by atoms with E-state index in [1.54, 1.807) is 7.11 Å². The largest absolute Gasteiger partial charge is 0.467 e. The number of aliphatic hydroxyl groups is 1. The third-order valence-electron chi connectivity index (χ3n) is 5.72. The van der Waals surface area contributed by atoms with Crippen molar-refractivity contribution in [2.75, 3.05) is 27.0 Å². The first-order valence-electron chi connectivity index (χ1n) is 11.1. The average Bonchev–Trinajstić information content (AvgIpc) is 2.90. The predicted molar refractivity (Wildman–Crippen MR) is 125 cm³/mol. The standard InChI is InChI=1S/C24H41NO5S/c1-16(2)14-25-11-10-20(31(25,27)28)21(26)17-12-18(23(3,4)5)22(30-15-29-9)19(13-17)24(6,7)8/h12-13,16,20-21,26H,10-11,14-15H2,1-9H3. The van der Waals surface area contributed by atoms with Crippen molar-refractivity contribution in [2.24, 2.45) is 5.92 Å². The van der Waals surface area contributed by atoms with Gasteiger partial charge in [-0.25, -0.2) is 12.7 Å². The van der Waals surface area contributed by atoms with Crippen LogP contribution in [0.25, 0.3) is 0 Å². The van der Waals surface area contributed by atoms with Gasteiger partial charge in [-0.15, -0.1) is 0 Å². The van der Waals surface area contributed by atoms with E-state index >= 15 is 0 Å². The Bertz CT molecular complexity index is 830. The SMILES string of the molecule is COCOc1c(C(C)(C)C)cc(C(O)C2CCN(CC(C)C)S2(=O)=O)cc1C(C)(C)C. The van der Waals surface area contributed by atoms with Crippen LogP contribution >= 0.6 is 0 Å². The normalized spacial score (nSPS) is 20.9. The first-order chi connectivity index (χ1) is 14.1. The highest BCUT2D eigenvalue weighted by molar-refractivity contribution is 7.90. The van der Waals surface area contributed by atoms with Crippen molar-refractivity contribution in [2.45, 2.75) is 84.0 Å². The zero-order chi connectivity index (χ0) is 23.8. The second-order valence-corrected chi connectivity index (χ2v) is 13.2. The summed E-state index contributed by atoms with van der Waals surface area (Å²) in [5, 5.41) is 10.4. The molecule has 0 bridgehead atoms. The number of methoxy groups -OCH3 is 1. The molecule has 2 rings (SSSR count). The van der Waals surface area contributed by atoms with Crippen molar-refractivity contribution >= 4 is 10.0 Å². The van der Waals surface area contributed by atoms with Crippen molar-refractivity contribution in [3.05, 3.63) is 28.8 Å². The number of rotatable bonds is 7. The molecule has 178 valence electrons. The van der Waals surface area contributed by atoms with Crippen LogP contribution < -0.4 is 4.74 Å². The van der Waals surface area contributed by atoms with Gasteiger partial charge in [0.1, 0.15) is 11.0 Å². The lowest BCUT2D eigenvalue weighted by molar-refractivity contribution is 0.0483. The lowest BCUT2D eigenvalue weighted by Crippen LogP contribution is -2.35. The molecule has 1 aromatic carbocycles. The van der Waals surface area contributed by atoms with Gasteiger partial charge in [-0.2, -0.15) is 0 Å². The molecule has 0 spiro atoms. The van der Waals surface area contributed by atoms with Gasteiger partial charge in [-0.05, 0) is 40.9 Å². The van der Waals surface area contributed by atoms with Gasteiger partial charge in [0.2, 0.25) is 10.0 Å². The number of hydrogen-bond acceptors (Lipinski definition) is 5. The van der Waals surface area contributed by atoms with E-state index in [1.165, 1.54) is 4.31 Å². The van der Waals surface area contributed by atoms with Crippen molar-refractivity contribution in [1.82, 2.24) is 4.31 Å². The van der Waals surface area contributed by atoms with Gasteiger partial charge >= 0.3 is 0 Å². The molecule has 1 saturated heterocycles. The minimum Gasteiger partial charge on any atom is -0.467 e. The molecule has 1 fully saturated rings. The molecule has 6 nitrogen and oxygen atoms in total. The predicted octanol–water partition coefficient (Wildman–Crippen LogP) is 4.36. The molecule has 1 aromatic rings. The van der Waals surface area contributed by atoms with Crippen LogP contribution in [0.2, 0.25) is 0 Å². The molecular formula is C24H41NO5S. The molecule has 1 aliphatic rings. The molecule has 1 N–H and O–H groups in total. The molecule has 1 heterocycles. The first-order valence-corrected chi connectivity index (χ1v) is 12.6. The van der Waals surface area contributed by atoms with E-state index in [4.69, 9.17) is 9.47 Å². The summed E-state index contributed by atoms with van der Waals surface area (Å²) in [5.41, 5.74) is 1.95. The minimum absolute atomic E-state index is 0.120. The Morgan fingerprint density at radius 3 is 2.03 bits per heavy atom. The number of ether oxygens (including phenoxy) is 2. The van der Waals surface area contributed by atoms with E-state index < -0.39 is 21.4 Å². The van der Waals surface area contributed by atoms with Crippen LogP contribution in [-0.4, -0.2) is 50.1 Å². The van der Waals surface area contributed by atoms with Crippen molar-refractivity contribution in [3.63, 3.8) is 0 Å². The van der Waals surface area contributed by atoms with E-state index in [0.29, 0.717) is 25.1 Å². The van der Waals surface area contributed by atoms with Crippen LogP contribution in [0.15, 0.2) is 12.1 Å². The maximum absolute atomic E-state index is 13.1. The second kappa shape index (κ2) is 9.38. The molecule has 2 unspecified atom stereocenters. The summed E-state index contributed by atoms with van der Waals surface area (Å²) in [5.74, 6) is 0.983. The number of benzene rings is 1. The van der Waals surface area contributed by atoms with Gasteiger partial charge in [-0.3, -0.25) is 0 Å². The average molecular weight is 456 g/mol. The Kier molecular flexibility index (Phi) is 7.90. The summed E-state index contributed by atoms with van der Waals surface area (Å²) in [4.78, 5) is 0. The van der Waals surface area contributed by atoms with Gasteiger partial charge in [-0.1, -0.05) is 55.4 Å². The highest BCUT2D eigenvalue weighted by Crippen LogP contribution is 2.43. The highest BCUT2D eigenvalue weighted by Gasteiger charge is 2.44. The zero-order valence-electron chi connectivity index (χ0n) is 20.7. The molecular weight excluding hydrogens is 414 g/mol. The second-order valence-electron chi connectivity index (χ2n) is 11.1. The van der Waals surface area contributed by atoms with Crippen LogP contribution in [0, 0.1) is 5.92 Å². The van der Waals surface area contributed by atoms with Gasteiger partial charge in [0.05, 0.1) is 6.10 Å². The molecule has 2 atom stereocenters. The van der Waals surface area contributed by atoms with Crippen LogP contribution in [0.3, 0.4) is 0 Å². The van der Waals surface area contributed by atoms with Crippen molar-refractivity contribution in [3.8, 4) is 5.75 Å². The Morgan fingerprint density at radius 2 is 1.61 bits per heavy atom. The maximum atomic E-state index is 13.1. The summed E-state index contributed by atoms with van der Waals surface area (Å²) >= 11 is 0. The fourth-order valence-corrected chi connectivity index (χ4v) is 6.22. The molecule has 0 aliphatic carbocycles. The molecule has 1 aliphatic heterocycles. The summed E-state index contributed by atoms with van der Waals surface area (Å²) in [6.07, 6.45) is -0.672. The number of sulfonamides is 1. The Labute approximate surface area is 189 Å². The van der Waals surface area contributed by atoms with Gasteiger partial charge in [0.25, 0.3) is 0 Å². The monoisotopic (exact) mass is 455 g/mol. The van der Waals surface area contributed by atoms with E-state index in [-0.39, 0.29) is 23.5 Å². The molecule has 0 amide bonds. The highest BCUT2D eigenvalue weighted by atomic mass is 32.2. The maximum Gasteiger partial charge on any atom is 0.219 e. The third kappa shape index (κ3) is 5.81. The van der Waals surface area contributed by atoms with E-state index in [1.807, 2.05) is 26.0 Å². The lowest BCUT2D eigenvalue weighted by Gasteiger charge is -2.32. The van der Waals surface area contributed by atoms with E-state index in [9.17, 15) is 13.5 Å². The number of aliphatic hydroxyl groups excluding tert-OH is 1. The van der Waals surface area contributed by atoms with E-state index in [0.717, 1.165) is 16.9 Å². The van der Waals surface area contributed by atoms with Crippen LogP contribution in [0.1, 0.15) is 84.6 Å². The number of nitrogens with zero attached hydrogens (tertiary/aromatic N) is 1.